The quantitative estimate of drug-likeness (QED) is 0.852. The van der Waals surface area contributed by atoms with Crippen LogP contribution in [0.4, 0.5) is 0 Å². The third kappa shape index (κ3) is 4.22. The molecular weight excluding hydrogens is 306 g/mol. The highest BCUT2D eigenvalue weighted by molar-refractivity contribution is 5.94. The van der Waals surface area contributed by atoms with Gasteiger partial charge in [0.25, 0.3) is 5.91 Å². The van der Waals surface area contributed by atoms with E-state index >= 15 is 0 Å². The lowest BCUT2D eigenvalue weighted by molar-refractivity contribution is -0.146. The molecule has 128 valence electrons. The van der Waals surface area contributed by atoms with Crippen molar-refractivity contribution in [1.82, 2.24) is 15.1 Å². The maximum Gasteiger partial charge on any atom is 0.310 e. The molecule has 0 spiro atoms. The minimum atomic E-state index is -1.00. The lowest BCUT2D eigenvalue weighted by Gasteiger charge is -2.19. The van der Waals surface area contributed by atoms with Crippen molar-refractivity contribution < 1.29 is 14.7 Å². The van der Waals surface area contributed by atoms with Crippen LogP contribution in [0, 0.1) is 19.3 Å². The van der Waals surface area contributed by atoms with Crippen LogP contribution in [0.2, 0.25) is 0 Å². The second-order valence-corrected chi connectivity index (χ2v) is 6.66. The summed E-state index contributed by atoms with van der Waals surface area (Å²) < 4.78 is 1.89. The summed E-state index contributed by atoms with van der Waals surface area (Å²) in [5.74, 6) is -1.22. The minimum Gasteiger partial charge on any atom is -0.481 e. The first-order chi connectivity index (χ1) is 11.2. The Morgan fingerprint density at radius 2 is 1.96 bits per heavy atom. The molecule has 0 radical (unpaired) electrons. The molecule has 2 aromatic rings. The van der Waals surface area contributed by atoms with Crippen molar-refractivity contribution in [2.45, 2.75) is 34.2 Å². The van der Waals surface area contributed by atoms with E-state index in [9.17, 15) is 9.59 Å². The Labute approximate surface area is 141 Å². The van der Waals surface area contributed by atoms with E-state index in [4.69, 9.17) is 5.11 Å². The molecule has 6 heteroatoms. The summed E-state index contributed by atoms with van der Waals surface area (Å²) >= 11 is 0. The highest BCUT2D eigenvalue weighted by Crippen LogP contribution is 2.14. The van der Waals surface area contributed by atoms with Crippen LogP contribution in [-0.4, -0.2) is 33.3 Å². The van der Waals surface area contributed by atoms with Gasteiger partial charge in [-0.05, 0) is 51.5 Å². The molecule has 0 aliphatic rings. The number of carbonyl (C=O) groups excluding carboxylic acids is 1. The lowest BCUT2D eigenvalue weighted by atomic mass is 9.94. The molecule has 0 saturated heterocycles. The Kier molecular flexibility index (Phi) is 5.07. The summed E-state index contributed by atoms with van der Waals surface area (Å²) in [5.41, 5.74) is 2.49. The van der Waals surface area contributed by atoms with E-state index < -0.39 is 11.4 Å². The van der Waals surface area contributed by atoms with Crippen molar-refractivity contribution in [3.05, 3.63) is 52.8 Å². The Morgan fingerprint density at radius 3 is 2.54 bits per heavy atom. The molecular formula is C18H23N3O3. The van der Waals surface area contributed by atoms with Gasteiger partial charge in [-0.25, -0.2) is 0 Å². The molecule has 0 unspecified atom stereocenters. The standard InChI is InChI=1S/C18H23N3O3/c1-12-8-13(2)21(20-12)10-14-6-5-7-15(9-14)16(22)19-11-18(3,4)17(23)24/h5-9H,10-11H2,1-4H3,(H,19,22)(H,23,24). The van der Waals surface area contributed by atoms with Gasteiger partial charge in [-0.2, -0.15) is 5.10 Å². The molecule has 1 aromatic heterocycles. The largest absolute Gasteiger partial charge is 0.481 e. The van der Waals surface area contributed by atoms with Crippen molar-refractivity contribution in [2.24, 2.45) is 5.41 Å². The molecule has 0 atom stereocenters. The van der Waals surface area contributed by atoms with Gasteiger partial charge < -0.3 is 10.4 Å². The van der Waals surface area contributed by atoms with Gasteiger partial charge in [-0.15, -0.1) is 0 Å². The maximum absolute atomic E-state index is 12.3. The van der Waals surface area contributed by atoms with Gasteiger partial charge in [-0.1, -0.05) is 12.1 Å². The van der Waals surface area contributed by atoms with E-state index in [0.717, 1.165) is 17.0 Å². The fourth-order valence-electron chi connectivity index (χ4n) is 2.30. The summed E-state index contributed by atoms with van der Waals surface area (Å²) in [5, 5.41) is 16.2. The Balaban J connectivity index is 2.08. The average Bonchev–Trinajstić information content (AvgIpc) is 2.82. The predicted molar refractivity (Wildman–Crippen MR) is 91.0 cm³/mol. The summed E-state index contributed by atoms with van der Waals surface area (Å²) in [6, 6.07) is 9.28. The summed E-state index contributed by atoms with van der Waals surface area (Å²) in [6.07, 6.45) is 0. The number of aryl methyl sites for hydroxylation is 2. The van der Waals surface area contributed by atoms with Gasteiger partial charge in [0.2, 0.25) is 0 Å². The fraction of sp³-hybridized carbons (Fsp3) is 0.389. The number of hydrogen-bond donors (Lipinski definition) is 2. The second-order valence-electron chi connectivity index (χ2n) is 6.66. The van der Waals surface area contributed by atoms with E-state index in [1.54, 1.807) is 26.0 Å². The lowest BCUT2D eigenvalue weighted by Crippen LogP contribution is -2.38. The zero-order valence-electron chi connectivity index (χ0n) is 14.5. The van der Waals surface area contributed by atoms with Gasteiger partial charge in [-0.3, -0.25) is 14.3 Å². The molecule has 1 heterocycles. The highest BCUT2D eigenvalue weighted by Gasteiger charge is 2.27. The molecule has 1 aromatic carbocycles. The molecule has 2 N–H and O–H groups in total. The first-order valence-corrected chi connectivity index (χ1v) is 7.80. The number of nitrogens with one attached hydrogen (secondary N) is 1. The molecule has 0 fully saturated rings. The van der Waals surface area contributed by atoms with Crippen LogP contribution < -0.4 is 5.32 Å². The average molecular weight is 329 g/mol. The van der Waals surface area contributed by atoms with Crippen molar-refractivity contribution in [3.8, 4) is 0 Å². The van der Waals surface area contributed by atoms with Crippen molar-refractivity contribution in [2.75, 3.05) is 6.54 Å². The molecule has 0 aliphatic heterocycles. The van der Waals surface area contributed by atoms with Crippen LogP contribution in [-0.2, 0) is 11.3 Å². The van der Waals surface area contributed by atoms with Crippen molar-refractivity contribution >= 4 is 11.9 Å². The first kappa shape index (κ1) is 17.7. The Bertz CT molecular complexity index is 763. The van der Waals surface area contributed by atoms with E-state index in [1.165, 1.54) is 0 Å². The zero-order valence-corrected chi connectivity index (χ0v) is 14.5. The number of rotatable bonds is 6. The number of nitrogens with zero attached hydrogens (tertiary/aromatic N) is 2. The van der Waals surface area contributed by atoms with Crippen molar-refractivity contribution in [3.63, 3.8) is 0 Å². The number of benzene rings is 1. The monoisotopic (exact) mass is 329 g/mol. The number of amides is 1. The van der Waals surface area contributed by atoms with Crippen LogP contribution in [0.25, 0.3) is 0 Å². The summed E-state index contributed by atoms with van der Waals surface area (Å²) in [4.78, 5) is 23.4. The molecule has 0 bridgehead atoms. The van der Waals surface area contributed by atoms with Gasteiger partial charge >= 0.3 is 5.97 Å². The number of aliphatic carboxylic acids is 1. The number of carbonyl (C=O) groups is 2. The first-order valence-electron chi connectivity index (χ1n) is 7.80. The number of carboxylic acid groups (broad SMARTS) is 1. The van der Waals surface area contributed by atoms with Crippen molar-refractivity contribution in [1.29, 1.82) is 0 Å². The smallest absolute Gasteiger partial charge is 0.310 e. The molecule has 0 aliphatic carbocycles. The number of aromatic nitrogens is 2. The highest BCUT2D eigenvalue weighted by atomic mass is 16.4. The van der Waals surface area contributed by atoms with E-state index in [2.05, 4.69) is 10.4 Å². The molecule has 2 rings (SSSR count). The van der Waals surface area contributed by atoms with Crippen LogP contribution in [0.1, 0.15) is 41.2 Å². The molecule has 1 amide bonds. The second kappa shape index (κ2) is 6.86. The van der Waals surface area contributed by atoms with Gasteiger partial charge in [0.1, 0.15) is 0 Å². The van der Waals surface area contributed by atoms with Crippen LogP contribution in [0.15, 0.2) is 30.3 Å². The van der Waals surface area contributed by atoms with Crippen LogP contribution >= 0.6 is 0 Å². The third-order valence-electron chi connectivity index (χ3n) is 3.89. The number of hydrogen-bond acceptors (Lipinski definition) is 3. The van der Waals surface area contributed by atoms with Crippen LogP contribution in [0.3, 0.4) is 0 Å². The fourth-order valence-corrected chi connectivity index (χ4v) is 2.30. The molecule has 6 nitrogen and oxygen atoms in total. The normalized spacial score (nSPS) is 11.3. The van der Waals surface area contributed by atoms with Crippen LogP contribution in [0.5, 0.6) is 0 Å². The third-order valence-corrected chi connectivity index (χ3v) is 3.89. The van der Waals surface area contributed by atoms with Gasteiger partial charge in [0.05, 0.1) is 17.7 Å². The summed E-state index contributed by atoms with van der Waals surface area (Å²) in [6.45, 7) is 7.75. The molecule has 24 heavy (non-hydrogen) atoms. The summed E-state index contributed by atoms with van der Waals surface area (Å²) in [7, 11) is 0. The van der Waals surface area contributed by atoms with Gasteiger partial charge in [0, 0.05) is 17.8 Å². The SMILES string of the molecule is Cc1cc(C)n(Cc2cccc(C(=O)NCC(C)(C)C(=O)O)c2)n1. The Morgan fingerprint density at radius 1 is 1.25 bits per heavy atom. The number of carboxylic acids is 1. The zero-order chi connectivity index (χ0) is 17.9. The maximum atomic E-state index is 12.3. The van der Waals surface area contributed by atoms with E-state index in [1.807, 2.05) is 36.7 Å². The van der Waals surface area contributed by atoms with E-state index in [0.29, 0.717) is 12.1 Å². The van der Waals surface area contributed by atoms with E-state index in [-0.39, 0.29) is 12.5 Å². The minimum absolute atomic E-state index is 0.0723. The van der Waals surface area contributed by atoms with Gasteiger partial charge in [0.15, 0.2) is 0 Å². The predicted octanol–water partition coefficient (Wildman–Crippen LogP) is 2.39. The Hall–Kier alpha value is -2.63. The molecule has 0 saturated carbocycles. The topological polar surface area (TPSA) is 84.2 Å².